The van der Waals surface area contributed by atoms with E-state index in [9.17, 15) is 0 Å². The molecule has 0 saturated heterocycles. The first-order chi connectivity index (χ1) is 4.34. The molecule has 2 nitrogen and oxygen atoms in total. The highest BCUT2D eigenvalue weighted by Crippen LogP contribution is 2.08. The topological polar surface area (TPSA) is 28.7 Å². The Kier molecular flexibility index (Phi) is 1.90. The Morgan fingerprint density at radius 1 is 1.89 bits per heavy atom. The monoisotopic (exact) mass is 142 g/mol. The van der Waals surface area contributed by atoms with E-state index in [1.54, 1.807) is 6.20 Å². The molecule has 0 aliphatic rings. The van der Waals surface area contributed by atoms with E-state index >= 15 is 0 Å². The van der Waals surface area contributed by atoms with Crippen LogP contribution in [0.3, 0.4) is 0 Å². The number of alkyl halides is 1. The van der Waals surface area contributed by atoms with Gasteiger partial charge in [0, 0.05) is 12.1 Å². The summed E-state index contributed by atoms with van der Waals surface area (Å²) in [6.45, 7) is 3.71. The standard InChI is InChI=1S/C6H7ClN2/c1-5(4-7)6-2-3-8-9-6/h2-3H,1,4H2,(H,8,9). The van der Waals surface area contributed by atoms with Gasteiger partial charge in [-0.2, -0.15) is 5.10 Å². The Bertz CT molecular complexity index is 191. The van der Waals surface area contributed by atoms with E-state index in [2.05, 4.69) is 16.8 Å². The summed E-state index contributed by atoms with van der Waals surface area (Å²) in [4.78, 5) is 0. The highest BCUT2D eigenvalue weighted by atomic mass is 35.5. The predicted octanol–water partition coefficient (Wildman–Crippen LogP) is 1.66. The number of nitrogens with zero attached hydrogens (tertiary/aromatic N) is 1. The van der Waals surface area contributed by atoms with Crippen LogP contribution >= 0.6 is 11.6 Å². The van der Waals surface area contributed by atoms with Gasteiger partial charge in [0.25, 0.3) is 0 Å². The molecule has 0 fully saturated rings. The highest BCUT2D eigenvalue weighted by molar-refractivity contribution is 6.22. The maximum Gasteiger partial charge on any atom is 0.0615 e. The minimum absolute atomic E-state index is 0.447. The molecule has 0 aliphatic heterocycles. The zero-order valence-corrected chi connectivity index (χ0v) is 5.65. The van der Waals surface area contributed by atoms with Crippen LogP contribution < -0.4 is 0 Å². The highest BCUT2D eigenvalue weighted by Gasteiger charge is 1.95. The van der Waals surface area contributed by atoms with Crippen molar-refractivity contribution in [1.29, 1.82) is 0 Å². The summed E-state index contributed by atoms with van der Waals surface area (Å²) >= 11 is 5.50. The van der Waals surface area contributed by atoms with Gasteiger partial charge in [-0.3, -0.25) is 5.10 Å². The van der Waals surface area contributed by atoms with E-state index in [-0.39, 0.29) is 0 Å². The van der Waals surface area contributed by atoms with Crippen LogP contribution in [-0.4, -0.2) is 16.1 Å². The summed E-state index contributed by atoms with van der Waals surface area (Å²) in [5.74, 6) is 0.447. The van der Waals surface area contributed by atoms with Crippen molar-refractivity contribution in [3.05, 3.63) is 24.5 Å². The lowest BCUT2D eigenvalue weighted by atomic mass is 10.2. The molecule has 0 aliphatic carbocycles. The van der Waals surface area contributed by atoms with Crippen LogP contribution in [0.1, 0.15) is 5.69 Å². The summed E-state index contributed by atoms with van der Waals surface area (Å²) in [6, 6.07) is 1.84. The van der Waals surface area contributed by atoms with E-state index in [4.69, 9.17) is 11.6 Å². The zero-order valence-electron chi connectivity index (χ0n) is 4.89. The second-order valence-electron chi connectivity index (χ2n) is 1.71. The third-order valence-electron chi connectivity index (χ3n) is 1.04. The number of aromatic nitrogens is 2. The van der Waals surface area contributed by atoms with Crippen molar-refractivity contribution in [2.75, 3.05) is 5.88 Å². The molecule has 1 N–H and O–H groups in total. The van der Waals surface area contributed by atoms with Crippen LogP contribution in [0.2, 0.25) is 0 Å². The lowest BCUT2D eigenvalue weighted by molar-refractivity contribution is 1.07. The van der Waals surface area contributed by atoms with Crippen molar-refractivity contribution < 1.29 is 0 Å². The van der Waals surface area contributed by atoms with Gasteiger partial charge in [0.1, 0.15) is 0 Å². The van der Waals surface area contributed by atoms with Crippen molar-refractivity contribution in [2.24, 2.45) is 0 Å². The molecule has 1 aromatic heterocycles. The molecule has 0 saturated carbocycles. The number of nitrogens with one attached hydrogen (secondary N) is 1. The van der Waals surface area contributed by atoms with Gasteiger partial charge in [-0.15, -0.1) is 11.6 Å². The van der Waals surface area contributed by atoms with E-state index in [0.717, 1.165) is 11.3 Å². The first-order valence-corrected chi connectivity index (χ1v) is 3.11. The van der Waals surface area contributed by atoms with E-state index in [0.29, 0.717) is 5.88 Å². The molecule has 1 aromatic rings. The van der Waals surface area contributed by atoms with Gasteiger partial charge in [-0.25, -0.2) is 0 Å². The summed E-state index contributed by atoms with van der Waals surface area (Å²) in [7, 11) is 0. The Balaban J connectivity index is 2.77. The van der Waals surface area contributed by atoms with Crippen molar-refractivity contribution in [1.82, 2.24) is 10.2 Å². The Morgan fingerprint density at radius 2 is 2.67 bits per heavy atom. The summed E-state index contributed by atoms with van der Waals surface area (Å²) < 4.78 is 0. The number of hydrogen-bond acceptors (Lipinski definition) is 1. The molecule has 0 bridgehead atoms. The fraction of sp³-hybridized carbons (Fsp3) is 0.167. The van der Waals surface area contributed by atoms with Gasteiger partial charge >= 0.3 is 0 Å². The van der Waals surface area contributed by atoms with Crippen LogP contribution in [0.5, 0.6) is 0 Å². The van der Waals surface area contributed by atoms with Gasteiger partial charge in [-0.1, -0.05) is 6.58 Å². The summed E-state index contributed by atoms with van der Waals surface area (Å²) in [5, 5.41) is 6.50. The SMILES string of the molecule is C=C(CCl)c1ccn[nH]1. The smallest absolute Gasteiger partial charge is 0.0615 e. The van der Waals surface area contributed by atoms with E-state index in [1.807, 2.05) is 6.07 Å². The van der Waals surface area contributed by atoms with Crippen molar-refractivity contribution in [3.63, 3.8) is 0 Å². The minimum Gasteiger partial charge on any atom is -0.278 e. The maximum absolute atomic E-state index is 5.50. The molecule has 48 valence electrons. The Labute approximate surface area is 58.5 Å². The largest absolute Gasteiger partial charge is 0.278 e. The Morgan fingerprint density at radius 3 is 3.11 bits per heavy atom. The van der Waals surface area contributed by atoms with Crippen molar-refractivity contribution in [2.45, 2.75) is 0 Å². The molecule has 3 heteroatoms. The Hall–Kier alpha value is -0.760. The second-order valence-corrected chi connectivity index (χ2v) is 1.97. The molecular weight excluding hydrogens is 136 g/mol. The second kappa shape index (κ2) is 2.69. The molecule has 0 atom stereocenters. The lowest BCUT2D eigenvalue weighted by Crippen LogP contribution is -1.82. The van der Waals surface area contributed by atoms with Crippen LogP contribution in [0.15, 0.2) is 18.8 Å². The number of halogens is 1. The number of H-pyrrole nitrogens is 1. The molecule has 0 spiro atoms. The number of rotatable bonds is 2. The molecule has 0 aromatic carbocycles. The predicted molar refractivity (Wildman–Crippen MR) is 38.3 cm³/mol. The third kappa shape index (κ3) is 1.33. The third-order valence-corrected chi connectivity index (χ3v) is 1.37. The quantitative estimate of drug-likeness (QED) is 0.626. The lowest BCUT2D eigenvalue weighted by Gasteiger charge is -1.92. The van der Waals surface area contributed by atoms with Crippen molar-refractivity contribution >= 4 is 17.2 Å². The average molecular weight is 143 g/mol. The maximum atomic E-state index is 5.50. The van der Waals surface area contributed by atoms with Crippen LogP contribution in [0, 0.1) is 0 Å². The van der Waals surface area contributed by atoms with Gasteiger partial charge in [-0.05, 0) is 11.6 Å². The zero-order chi connectivity index (χ0) is 6.69. The van der Waals surface area contributed by atoms with E-state index < -0.39 is 0 Å². The fourth-order valence-electron chi connectivity index (χ4n) is 0.525. The van der Waals surface area contributed by atoms with Crippen molar-refractivity contribution in [3.8, 4) is 0 Å². The van der Waals surface area contributed by atoms with Gasteiger partial charge in [0.2, 0.25) is 0 Å². The molecular formula is C6H7ClN2. The van der Waals surface area contributed by atoms with Gasteiger partial charge < -0.3 is 0 Å². The molecule has 0 radical (unpaired) electrons. The summed E-state index contributed by atoms with van der Waals surface area (Å²) in [5.41, 5.74) is 1.78. The van der Waals surface area contributed by atoms with Gasteiger partial charge in [0.05, 0.1) is 5.69 Å². The number of hydrogen-bond donors (Lipinski definition) is 1. The molecule has 9 heavy (non-hydrogen) atoms. The molecule has 1 heterocycles. The van der Waals surface area contributed by atoms with Crippen LogP contribution in [0.25, 0.3) is 5.57 Å². The minimum atomic E-state index is 0.447. The van der Waals surface area contributed by atoms with E-state index in [1.165, 1.54) is 0 Å². The number of allylic oxidation sites excluding steroid dienone is 1. The first kappa shape index (κ1) is 6.36. The average Bonchev–Trinajstić information content (AvgIpc) is 2.37. The van der Waals surface area contributed by atoms with Crippen LogP contribution in [-0.2, 0) is 0 Å². The first-order valence-electron chi connectivity index (χ1n) is 2.58. The molecule has 1 rings (SSSR count). The number of aromatic amines is 1. The molecule has 0 unspecified atom stereocenters. The van der Waals surface area contributed by atoms with Gasteiger partial charge in [0.15, 0.2) is 0 Å². The molecule has 0 amide bonds. The van der Waals surface area contributed by atoms with Crippen LogP contribution in [0.4, 0.5) is 0 Å². The summed E-state index contributed by atoms with van der Waals surface area (Å²) in [6.07, 6.45) is 1.67. The normalized spacial score (nSPS) is 9.44. The fourth-order valence-corrected chi connectivity index (χ4v) is 0.669.